The Kier molecular flexibility index (Phi) is 7.59. The molecule has 0 bridgehead atoms. The second-order valence-electron chi connectivity index (χ2n) is 4.92. The number of hydrogen-bond donors (Lipinski definition) is 2. The molecule has 0 aromatic carbocycles. The smallest absolute Gasteiger partial charge is 0.404 e. The zero-order chi connectivity index (χ0) is 13.9. The first-order chi connectivity index (χ1) is 9.24. The molecule has 0 spiro atoms. The Labute approximate surface area is 113 Å². The Balaban J connectivity index is 2.67. The highest BCUT2D eigenvalue weighted by molar-refractivity contribution is 5.64. The second-order valence-corrected chi connectivity index (χ2v) is 4.92. The van der Waals surface area contributed by atoms with Gasteiger partial charge in [-0.1, -0.05) is 25.0 Å². The molecular formula is C14H22N2O3. The minimum Gasteiger partial charge on any atom is -0.465 e. The molecule has 2 atom stereocenters. The van der Waals surface area contributed by atoms with Crippen LogP contribution >= 0.6 is 0 Å². The van der Waals surface area contributed by atoms with E-state index in [1.54, 1.807) is 6.08 Å². The molecule has 5 heteroatoms. The van der Waals surface area contributed by atoms with Crippen LogP contribution in [0.1, 0.15) is 44.9 Å². The molecule has 2 unspecified atom stereocenters. The van der Waals surface area contributed by atoms with Gasteiger partial charge in [0, 0.05) is 6.54 Å². The molecule has 1 amide bonds. The fourth-order valence-corrected chi connectivity index (χ4v) is 2.46. The van der Waals surface area contributed by atoms with Crippen molar-refractivity contribution in [3.63, 3.8) is 0 Å². The van der Waals surface area contributed by atoms with E-state index in [9.17, 15) is 9.59 Å². The van der Waals surface area contributed by atoms with Crippen LogP contribution in [0.5, 0.6) is 0 Å². The third-order valence-electron chi connectivity index (χ3n) is 3.52. The van der Waals surface area contributed by atoms with Gasteiger partial charge in [-0.25, -0.2) is 14.6 Å². The van der Waals surface area contributed by atoms with E-state index in [2.05, 4.69) is 22.5 Å². The van der Waals surface area contributed by atoms with Crippen LogP contribution in [-0.4, -0.2) is 29.9 Å². The third kappa shape index (κ3) is 6.77. The summed E-state index contributed by atoms with van der Waals surface area (Å²) in [5, 5.41) is 11.1. The minimum atomic E-state index is -1.03. The molecule has 0 aromatic heterocycles. The van der Waals surface area contributed by atoms with Crippen molar-refractivity contribution in [2.75, 3.05) is 6.54 Å². The number of carbonyl (C=O) groups excluding carboxylic acids is 1. The van der Waals surface area contributed by atoms with Gasteiger partial charge in [0.1, 0.15) is 0 Å². The molecule has 0 heterocycles. The monoisotopic (exact) mass is 266 g/mol. The average Bonchev–Trinajstić information content (AvgIpc) is 2.42. The Morgan fingerprint density at radius 2 is 2.05 bits per heavy atom. The topological polar surface area (TPSA) is 78.8 Å². The predicted octanol–water partition coefficient (Wildman–Crippen LogP) is 2.88. The molecule has 19 heavy (non-hydrogen) atoms. The molecule has 0 saturated heterocycles. The van der Waals surface area contributed by atoms with Gasteiger partial charge in [0.2, 0.25) is 6.08 Å². The summed E-state index contributed by atoms with van der Waals surface area (Å²) in [5.74, 6) is 0.0697. The van der Waals surface area contributed by atoms with Crippen molar-refractivity contribution in [1.82, 2.24) is 5.32 Å². The van der Waals surface area contributed by atoms with Crippen LogP contribution in [-0.2, 0) is 4.79 Å². The fourth-order valence-electron chi connectivity index (χ4n) is 2.46. The van der Waals surface area contributed by atoms with Gasteiger partial charge in [0.15, 0.2) is 0 Å². The molecular weight excluding hydrogens is 244 g/mol. The summed E-state index contributed by atoms with van der Waals surface area (Å²) in [7, 11) is 0. The van der Waals surface area contributed by atoms with Crippen LogP contribution in [0.3, 0.4) is 0 Å². The van der Waals surface area contributed by atoms with E-state index in [-0.39, 0.29) is 12.0 Å². The summed E-state index contributed by atoms with van der Waals surface area (Å²) >= 11 is 0. The van der Waals surface area contributed by atoms with Crippen molar-refractivity contribution in [2.24, 2.45) is 10.9 Å². The van der Waals surface area contributed by atoms with Gasteiger partial charge in [-0.3, -0.25) is 0 Å². The maximum absolute atomic E-state index is 10.6. The molecule has 0 fully saturated rings. The van der Waals surface area contributed by atoms with Crippen molar-refractivity contribution < 1.29 is 14.7 Å². The van der Waals surface area contributed by atoms with E-state index >= 15 is 0 Å². The maximum atomic E-state index is 10.6. The van der Waals surface area contributed by atoms with Gasteiger partial charge in [0.25, 0.3) is 0 Å². The van der Waals surface area contributed by atoms with Crippen LogP contribution < -0.4 is 5.32 Å². The highest BCUT2D eigenvalue weighted by atomic mass is 16.4. The van der Waals surface area contributed by atoms with E-state index in [1.165, 1.54) is 0 Å². The van der Waals surface area contributed by atoms with Crippen LogP contribution in [0.4, 0.5) is 4.79 Å². The van der Waals surface area contributed by atoms with Crippen LogP contribution in [0, 0.1) is 5.92 Å². The molecule has 0 aliphatic heterocycles. The number of allylic oxidation sites excluding steroid dienone is 2. The molecule has 5 nitrogen and oxygen atoms in total. The summed E-state index contributed by atoms with van der Waals surface area (Å²) in [5.41, 5.74) is 0. The van der Waals surface area contributed by atoms with Crippen LogP contribution in [0.15, 0.2) is 17.1 Å². The zero-order valence-corrected chi connectivity index (χ0v) is 11.2. The lowest BCUT2D eigenvalue weighted by Gasteiger charge is -2.22. The number of aliphatic imine (C=N–C) groups is 1. The van der Waals surface area contributed by atoms with Crippen molar-refractivity contribution in [3.8, 4) is 0 Å². The Morgan fingerprint density at radius 1 is 1.26 bits per heavy atom. The second kappa shape index (κ2) is 9.34. The number of carbonyl (C=O) groups is 1. The fraction of sp³-hybridized carbons (Fsp3) is 0.714. The number of hydrogen-bond acceptors (Lipinski definition) is 3. The quantitative estimate of drug-likeness (QED) is 0.468. The maximum Gasteiger partial charge on any atom is 0.404 e. The summed E-state index contributed by atoms with van der Waals surface area (Å²) in [4.78, 5) is 25.0. The molecule has 1 aliphatic rings. The number of rotatable bonds is 3. The third-order valence-corrected chi connectivity index (χ3v) is 3.52. The first-order valence-electron chi connectivity index (χ1n) is 6.93. The van der Waals surface area contributed by atoms with Crippen LogP contribution in [0.25, 0.3) is 0 Å². The average molecular weight is 266 g/mol. The van der Waals surface area contributed by atoms with Crippen molar-refractivity contribution >= 4 is 12.2 Å². The van der Waals surface area contributed by atoms with Gasteiger partial charge in [-0.05, 0) is 38.0 Å². The van der Waals surface area contributed by atoms with E-state index < -0.39 is 6.09 Å². The molecule has 106 valence electrons. The number of isocyanates is 1. The number of nitrogens with zero attached hydrogens (tertiary/aromatic N) is 1. The SMILES string of the molecule is O=C=NC1CCCCC/C=C\CCC1CNC(=O)O. The van der Waals surface area contributed by atoms with E-state index in [0.717, 1.165) is 44.9 Å². The van der Waals surface area contributed by atoms with E-state index in [4.69, 9.17) is 5.11 Å². The largest absolute Gasteiger partial charge is 0.465 e. The van der Waals surface area contributed by atoms with Crippen molar-refractivity contribution in [3.05, 3.63) is 12.2 Å². The number of nitrogens with one attached hydrogen (secondary N) is 1. The Morgan fingerprint density at radius 3 is 2.79 bits per heavy atom. The highest BCUT2D eigenvalue weighted by Gasteiger charge is 2.21. The molecule has 0 radical (unpaired) electrons. The Hall–Kier alpha value is -1.61. The first kappa shape index (κ1) is 15.4. The lowest BCUT2D eigenvalue weighted by Crippen LogP contribution is -2.33. The van der Waals surface area contributed by atoms with Gasteiger partial charge in [0.05, 0.1) is 6.04 Å². The van der Waals surface area contributed by atoms with Gasteiger partial charge < -0.3 is 10.4 Å². The van der Waals surface area contributed by atoms with Gasteiger partial charge in [-0.15, -0.1) is 0 Å². The highest BCUT2D eigenvalue weighted by Crippen LogP contribution is 2.21. The van der Waals surface area contributed by atoms with Crippen molar-refractivity contribution in [2.45, 2.75) is 51.0 Å². The normalized spacial score (nSPS) is 26.5. The summed E-state index contributed by atoms with van der Waals surface area (Å²) < 4.78 is 0. The number of amides is 1. The van der Waals surface area contributed by atoms with Gasteiger partial charge >= 0.3 is 6.09 Å². The minimum absolute atomic E-state index is 0.0697. The lowest BCUT2D eigenvalue weighted by molar-refractivity contribution is 0.190. The predicted molar refractivity (Wildman–Crippen MR) is 72.9 cm³/mol. The van der Waals surface area contributed by atoms with E-state index in [0.29, 0.717) is 6.54 Å². The Bertz CT molecular complexity index is 349. The molecule has 0 saturated carbocycles. The molecule has 0 aromatic rings. The number of carboxylic acid groups (broad SMARTS) is 1. The first-order valence-corrected chi connectivity index (χ1v) is 6.93. The molecule has 1 rings (SSSR count). The molecule has 1 aliphatic carbocycles. The summed E-state index contributed by atoms with van der Waals surface area (Å²) in [6, 6.07) is -0.115. The molecule has 2 N–H and O–H groups in total. The van der Waals surface area contributed by atoms with Crippen LogP contribution in [0.2, 0.25) is 0 Å². The summed E-state index contributed by atoms with van der Waals surface area (Å²) in [6.07, 6.45) is 11.9. The van der Waals surface area contributed by atoms with Crippen molar-refractivity contribution in [1.29, 1.82) is 0 Å². The summed E-state index contributed by atoms with van der Waals surface area (Å²) in [6.45, 7) is 0.346. The van der Waals surface area contributed by atoms with Gasteiger partial charge in [-0.2, -0.15) is 0 Å². The zero-order valence-electron chi connectivity index (χ0n) is 11.2. The lowest BCUT2D eigenvalue weighted by atomic mass is 9.91. The van der Waals surface area contributed by atoms with E-state index in [1.807, 2.05) is 0 Å². The standard InChI is InChI=1S/C14H22N2O3/c17-11-16-13-9-7-5-3-1-2-4-6-8-12(13)10-15-14(18)19/h2,4,12-13,15H,1,3,5-10H2,(H,18,19)/b4-2-.